The number of hydrogen-bond donors (Lipinski definition) is 1. The number of benzene rings is 1. The molecule has 4 nitrogen and oxygen atoms in total. The van der Waals surface area contributed by atoms with Crippen molar-refractivity contribution in [2.45, 2.75) is 0 Å². The zero-order valence-electron chi connectivity index (χ0n) is 8.48. The zero-order valence-corrected chi connectivity index (χ0v) is 10.1. The van der Waals surface area contributed by atoms with Gasteiger partial charge in [0.25, 0.3) is 0 Å². The fraction of sp³-hybridized carbons (Fsp3) is 0. The third-order valence-corrected chi connectivity index (χ3v) is 2.63. The molecule has 17 heavy (non-hydrogen) atoms. The van der Waals surface area contributed by atoms with E-state index in [4.69, 9.17) is 5.26 Å². The molecule has 0 unspecified atom stereocenters. The van der Waals surface area contributed by atoms with E-state index in [-0.39, 0.29) is 5.56 Å². The van der Waals surface area contributed by atoms with Crippen LogP contribution in [0.2, 0.25) is 0 Å². The summed E-state index contributed by atoms with van der Waals surface area (Å²) in [6.07, 6.45) is 2.92. The summed E-state index contributed by atoms with van der Waals surface area (Å²) < 4.78 is 14.0. The minimum atomic E-state index is -0.567. The summed E-state index contributed by atoms with van der Waals surface area (Å²) in [6.45, 7) is 0. The minimum Gasteiger partial charge on any atom is -0.338 e. The van der Waals surface area contributed by atoms with Crippen LogP contribution in [0, 0.1) is 17.1 Å². The van der Waals surface area contributed by atoms with Crippen LogP contribution in [0.15, 0.2) is 35.2 Å². The van der Waals surface area contributed by atoms with Gasteiger partial charge in [-0.25, -0.2) is 14.4 Å². The standard InChI is InChI=1S/C11H6BrFN4/c12-8-5-15-6-16-11(8)17-10-3-1-2-9(13)7(10)4-14/h1-3,5-6H,(H,15,16,17). The average molecular weight is 293 g/mol. The highest BCUT2D eigenvalue weighted by Crippen LogP contribution is 2.25. The second kappa shape index (κ2) is 4.89. The molecule has 0 amide bonds. The predicted octanol–water partition coefficient (Wildman–Crippen LogP) is 2.99. The molecule has 0 radical (unpaired) electrons. The Bertz CT molecular complexity index is 594. The van der Waals surface area contributed by atoms with Crippen LogP contribution in [0.3, 0.4) is 0 Å². The van der Waals surface area contributed by atoms with Crippen LogP contribution in [0.4, 0.5) is 15.9 Å². The molecule has 1 aromatic carbocycles. The fourth-order valence-electron chi connectivity index (χ4n) is 1.27. The normalized spacial score (nSPS) is 9.71. The minimum absolute atomic E-state index is 0.0435. The molecule has 0 bridgehead atoms. The van der Waals surface area contributed by atoms with Crippen LogP contribution in [0.1, 0.15) is 5.56 Å². The molecule has 1 aromatic heterocycles. The summed E-state index contributed by atoms with van der Waals surface area (Å²) in [5, 5.41) is 11.7. The van der Waals surface area contributed by atoms with Crippen molar-refractivity contribution in [1.82, 2.24) is 9.97 Å². The summed E-state index contributed by atoms with van der Waals surface area (Å²) in [4.78, 5) is 7.79. The highest BCUT2D eigenvalue weighted by atomic mass is 79.9. The maximum atomic E-state index is 13.3. The van der Waals surface area contributed by atoms with E-state index in [1.807, 2.05) is 6.07 Å². The Hall–Kier alpha value is -2.00. The second-order valence-electron chi connectivity index (χ2n) is 3.12. The number of hydrogen-bond acceptors (Lipinski definition) is 4. The molecule has 84 valence electrons. The zero-order chi connectivity index (χ0) is 12.3. The van der Waals surface area contributed by atoms with Gasteiger partial charge in [-0.1, -0.05) is 6.07 Å². The van der Waals surface area contributed by atoms with E-state index >= 15 is 0 Å². The Kier molecular flexibility index (Phi) is 3.30. The highest BCUT2D eigenvalue weighted by molar-refractivity contribution is 9.10. The Morgan fingerprint density at radius 1 is 1.41 bits per heavy atom. The molecule has 6 heteroatoms. The summed E-state index contributed by atoms with van der Waals surface area (Å²) in [5.41, 5.74) is 0.324. The molecule has 0 spiro atoms. The van der Waals surface area contributed by atoms with Crippen molar-refractivity contribution in [3.63, 3.8) is 0 Å². The van der Waals surface area contributed by atoms with E-state index in [1.54, 1.807) is 12.3 Å². The quantitative estimate of drug-likeness (QED) is 0.924. The number of aromatic nitrogens is 2. The highest BCUT2D eigenvalue weighted by Gasteiger charge is 2.09. The molecule has 0 fully saturated rings. The van der Waals surface area contributed by atoms with Crippen LogP contribution in [-0.2, 0) is 0 Å². The number of anilines is 2. The van der Waals surface area contributed by atoms with Gasteiger partial charge in [-0.05, 0) is 28.1 Å². The predicted molar refractivity (Wildman–Crippen MR) is 64.1 cm³/mol. The van der Waals surface area contributed by atoms with Gasteiger partial charge in [0.15, 0.2) is 0 Å². The van der Waals surface area contributed by atoms with Crippen LogP contribution in [0.5, 0.6) is 0 Å². The molecular formula is C11H6BrFN4. The van der Waals surface area contributed by atoms with Crippen molar-refractivity contribution in [3.8, 4) is 6.07 Å². The second-order valence-corrected chi connectivity index (χ2v) is 3.97. The van der Waals surface area contributed by atoms with Crippen LogP contribution >= 0.6 is 15.9 Å². The van der Waals surface area contributed by atoms with Gasteiger partial charge in [0, 0.05) is 6.20 Å². The molecule has 0 saturated heterocycles. The molecule has 0 saturated carbocycles. The smallest absolute Gasteiger partial charge is 0.148 e. The lowest BCUT2D eigenvalue weighted by Gasteiger charge is -2.08. The first-order chi connectivity index (χ1) is 8.22. The van der Waals surface area contributed by atoms with E-state index in [1.165, 1.54) is 18.5 Å². The van der Waals surface area contributed by atoms with Gasteiger partial charge in [0.2, 0.25) is 0 Å². The molecule has 1 N–H and O–H groups in total. The van der Waals surface area contributed by atoms with Crippen LogP contribution in [-0.4, -0.2) is 9.97 Å². The van der Waals surface area contributed by atoms with E-state index < -0.39 is 5.82 Å². The van der Waals surface area contributed by atoms with Gasteiger partial charge < -0.3 is 5.32 Å². The van der Waals surface area contributed by atoms with Gasteiger partial charge in [-0.3, -0.25) is 0 Å². The van der Waals surface area contributed by atoms with E-state index in [0.29, 0.717) is 16.0 Å². The van der Waals surface area contributed by atoms with Gasteiger partial charge in [-0.2, -0.15) is 5.26 Å². The lowest BCUT2D eigenvalue weighted by Crippen LogP contribution is -1.99. The van der Waals surface area contributed by atoms with Crippen molar-refractivity contribution in [1.29, 1.82) is 5.26 Å². The summed E-state index contributed by atoms with van der Waals surface area (Å²) in [5.74, 6) is -0.0928. The number of rotatable bonds is 2. The number of nitrogens with zero attached hydrogens (tertiary/aromatic N) is 3. The van der Waals surface area contributed by atoms with Crippen molar-refractivity contribution in [3.05, 3.63) is 46.6 Å². The van der Waals surface area contributed by atoms with Crippen molar-refractivity contribution in [2.75, 3.05) is 5.32 Å². The Labute approximate surface area is 105 Å². The molecule has 0 aliphatic rings. The molecule has 1 heterocycles. The average Bonchev–Trinajstić information content (AvgIpc) is 2.32. The van der Waals surface area contributed by atoms with Crippen LogP contribution < -0.4 is 5.32 Å². The van der Waals surface area contributed by atoms with Crippen molar-refractivity contribution >= 4 is 27.4 Å². The molecule has 0 atom stereocenters. The largest absolute Gasteiger partial charge is 0.338 e. The first kappa shape index (κ1) is 11.5. The topological polar surface area (TPSA) is 61.6 Å². The number of halogens is 2. The lowest BCUT2D eigenvalue weighted by atomic mass is 10.2. The fourth-order valence-corrected chi connectivity index (χ4v) is 1.59. The maximum absolute atomic E-state index is 13.3. The van der Waals surface area contributed by atoms with Gasteiger partial charge >= 0.3 is 0 Å². The molecule has 2 rings (SSSR count). The Balaban J connectivity index is 2.41. The summed E-state index contributed by atoms with van der Waals surface area (Å²) in [7, 11) is 0. The first-order valence-corrected chi connectivity index (χ1v) is 5.43. The molecule has 2 aromatic rings. The van der Waals surface area contributed by atoms with E-state index in [2.05, 4.69) is 31.2 Å². The monoisotopic (exact) mass is 292 g/mol. The Morgan fingerprint density at radius 2 is 2.24 bits per heavy atom. The summed E-state index contributed by atoms with van der Waals surface area (Å²) >= 11 is 3.25. The van der Waals surface area contributed by atoms with Crippen LogP contribution in [0.25, 0.3) is 0 Å². The molecular weight excluding hydrogens is 287 g/mol. The first-order valence-electron chi connectivity index (χ1n) is 4.63. The molecule has 0 aliphatic heterocycles. The number of nitriles is 1. The van der Waals surface area contributed by atoms with Crippen molar-refractivity contribution in [2.24, 2.45) is 0 Å². The third-order valence-electron chi connectivity index (χ3n) is 2.05. The number of nitrogens with one attached hydrogen (secondary N) is 1. The lowest BCUT2D eigenvalue weighted by molar-refractivity contribution is 0.624. The van der Waals surface area contributed by atoms with Gasteiger partial charge in [-0.15, -0.1) is 0 Å². The SMILES string of the molecule is N#Cc1c(F)cccc1Nc1ncncc1Br. The van der Waals surface area contributed by atoms with E-state index in [9.17, 15) is 4.39 Å². The summed E-state index contributed by atoms with van der Waals surface area (Å²) in [6, 6.07) is 6.17. The van der Waals surface area contributed by atoms with Gasteiger partial charge in [0.05, 0.1) is 10.2 Å². The third kappa shape index (κ3) is 2.40. The maximum Gasteiger partial charge on any atom is 0.148 e. The van der Waals surface area contributed by atoms with Gasteiger partial charge in [0.1, 0.15) is 29.6 Å². The molecule has 0 aliphatic carbocycles. The Morgan fingerprint density at radius 3 is 2.94 bits per heavy atom. The van der Waals surface area contributed by atoms with E-state index in [0.717, 1.165) is 0 Å². The van der Waals surface area contributed by atoms with Crippen molar-refractivity contribution < 1.29 is 4.39 Å².